The summed E-state index contributed by atoms with van der Waals surface area (Å²) in [6, 6.07) is 0. The normalized spacial score (nSPS) is 8.50. The van der Waals surface area contributed by atoms with Gasteiger partial charge in [0.2, 0.25) is 0 Å². The van der Waals surface area contributed by atoms with Crippen molar-refractivity contribution in [2.75, 3.05) is 5.73 Å². The molecule has 1 aromatic rings. The zero-order valence-electron chi connectivity index (χ0n) is 6.39. The molecule has 0 aromatic carbocycles. The monoisotopic (exact) mass is 229 g/mol. The molecule has 6 heteroatoms. The van der Waals surface area contributed by atoms with Crippen LogP contribution in [0.3, 0.4) is 0 Å². The Balaban J connectivity index is 0. The minimum absolute atomic E-state index is 0. The van der Waals surface area contributed by atoms with Crippen molar-refractivity contribution < 1.29 is 31.0 Å². The van der Waals surface area contributed by atoms with Gasteiger partial charge in [0.25, 0.3) is 0 Å². The summed E-state index contributed by atoms with van der Waals surface area (Å²) in [7, 11) is 0. The summed E-state index contributed by atoms with van der Waals surface area (Å²) in [6.07, 6.45) is 1.56. The third kappa shape index (κ3) is 2.67. The molecule has 0 aliphatic heterocycles. The van der Waals surface area contributed by atoms with Crippen molar-refractivity contribution in [1.29, 1.82) is 0 Å². The molecule has 0 saturated heterocycles. The SMILES string of the molecule is Nc1[nH]c(=S)ncc1Br.[H-].[Na+]. The van der Waals surface area contributed by atoms with Crippen LogP contribution >= 0.6 is 28.1 Å². The molecule has 0 radical (unpaired) electrons. The van der Waals surface area contributed by atoms with Crippen molar-refractivity contribution in [2.24, 2.45) is 0 Å². The summed E-state index contributed by atoms with van der Waals surface area (Å²) in [5.41, 5.74) is 5.41. The number of anilines is 1. The number of nitrogens with two attached hydrogens (primary N) is 1. The molecule has 0 aliphatic carbocycles. The first-order valence-electron chi connectivity index (χ1n) is 2.20. The van der Waals surface area contributed by atoms with Gasteiger partial charge in [-0.1, -0.05) is 0 Å². The fourth-order valence-corrected chi connectivity index (χ4v) is 0.756. The van der Waals surface area contributed by atoms with Gasteiger partial charge in [-0.3, -0.25) is 0 Å². The van der Waals surface area contributed by atoms with Gasteiger partial charge in [0.05, 0.1) is 4.47 Å². The topological polar surface area (TPSA) is 54.7 Å². The Morgan fingerprint density at radius 3 is 2.80 bits per heavy atom. The molecular weight excluding hydrogens is 225 g/mol. The minimum Gasteiger partial charge on any atom is -1.00 e. The van der Waals surface area contributed by atoms with Gasteiger partial charge in [-0.05, 0) is 28.1 Å². The molecule has 10 heavy (non-hydrogen) atoms. The van der Waals surface area contributed by atoms with E-state index in [4.69, 9.17) is 18.0 Å². The van der Waals surface area contributed by atoms with Gasteiger partial charge in [-0.2, -0.15) is 0 Å². The summed E-state index contributed by atoms with van der Waals surface area (Å²) in [5.74, 6) is 0.509. The van der Waals surface area contributed by atoms with Gasteiger partial charge in [0, 0.05) is 6.20 Å². The molecule has 1 aromatic heterocycles. The number of halogens is 1. The molecule has 0 unspecified atom stereocenters. The van der Waals surface area contributed by atoms with E-state index in [0.29, 0.717) is 10.6 Å². The van der Waals surface area contributed by atoms with Crippen molar-refractivity contribution >= 4 is 34.0 Å². The van der Waals surface area contributed by atoms with Gasteiger partial charge in [-0.15, -0.1) is 0 Å². The molecule has 0 aliphatic rings. The molecular formula is C4H5BrN3NaS. The van der Waals surface area contributed by atoms with Crippen LogP contribution in [0.25, 0.3) is 0 Å². The maximum absolute atomic E-state index is 5.41. The van der Waals surface area contributed by atoms with Crippen LogP contribution in [-0.2, 0) is 0 Å². The zero-order chi connectivity index (χ0) is 6.85. The van der Waals surface area contributed by atoms with Crippen molar-refractivity contribution in [3.05, 3.63) is 15.4 Å². The maximum atomic E-state index is 5.41. The number of nitrogens with zero attached hydrogens (tertiary/aromatic N) is 1. The van der Waals surface area contributed by atoms with Crippen molar-refractivity contribution in [3.8, 4) is 0 Å². The van der Waals surface area contributed by atoms with E-state index in [0.717, 1.165) is 4.47 Å². The van der Waals surface area contributed by atoms with Crippen molar-refractivity contribution in [1.82, 2.24) is 9.97 Å². The molecule has 1 heterocycles. The van der Waals surface area contributed by atoms with Gasteiger partial charge in [0.1, 0.15) is 5.82 Å². The molecule has 50 valence electrons. The van der Waals surface area contributed by atoms with E-state index in [9.17, 15) is 0 Å². The minimum atomic E-state index is 0. The predicted molar refractivity (Wildman–Crippen MR) is 42.6 cm³/mol. The summed E-state index contributed by atoms with van der Waals surface area (Å²) in [5, 5.41) is 0. The zero-order valence-corrected chi connectivity index (χ0v) is 9.79. The average Bonchev–Trinajstić information content (AvgIpc) is 1.80. The maximum Gasteiger partial charge on any atom is 1.00 e. The van der Waals surface area contributed by atoms with Gasteiger partial charge < -0.3 is 12.1 Å². The third-order valence-electron chi connectivity index (χ3n) is 0.794. The van der Waals surface area contributed by atoms with Crippen molar-refractivity contribution in [2.45, 2.75) is 0 Å². The van der Waals surface area contributed by atoms with Crippen molar-refractivity contribution in [3.63, 3.8) is 0 Å². The molecule has 3 N–H and O–H groups in total. The van der Waals surface area contributed by atoms with Crippen LogP contribution in [0.2, 0.25) is 0 Å². The van der Waals surface area contributed by atoms with Gasteiger partial charge in [-0.25, -0.2) is 4.98 Å². The number of aromatic nitrogens is 2. The summed E-state index contributed by atoms with van der Waals surface area (Å²) in [6.45, 7) is 0. The van der Waals surface area contributed by atoms with E-state index >= 15 is 0 Å². The fourth-order valence-electron chi connectivity index (χ4n) is 0.392. The van der Waals surface area contributed by atoms with E-state index in [-0.39, 0.29) is 31.0 Å². The van der Waals surface area contributed by atoms with E-state index in [2.05, 4.69) is 25.9 Å². The van der Waals surface area contributed by atoms with Gasteiger partial charge >= 0.3 is 29.6 Å². The molecule has 0 saturated carbocycles. The Bertz CT molecular complexity index is 278. The Morgan fingerprint density at radius 2 is 2.40 bits per heavy atom. The Kier molecular flexibility index (Phi) is 4.71. The summed E-state index contributed by atoms with van der Waals surface area (Å²) < 4.78 is 1.13. The van der Waals surface area contributed by atoms with Gasteiger partial charge in [0.15, 0.2) is 4.77 Å². The Labute approximate surface area is 95.3 Å². The standard InChI is InChI=1S/C4H4BrN3S.Na.H/c5-2-1-7-4(9)8-3(2)6;;/h1H,(H3,6,7,8,9);;/q;+1;-1. The number of hydrogen-bond acceptors (Lipinski definition) is 3. The first-order chi connectivity index (χ1) is 4.20. The van der Waals surface area contributed by atoms with E-state index in [1.165, 1.54) is 0 Å². The number of nitrogen functional groups attached to an aromatic ring is 1. The van der Waals surface area contributed by atoms with E-state index in [1.807, 2.05) is 0 Å². The second kappa shape index (κ2) is 4.46. The largest absolute Gasteiger partial charge is 1.00 e. The molecule has 0 spiro atoms. The first-order valence-corrected chi connectivity index (χ1v) is 3.40. The number of hydrogen-bond donors (Lipinski definition) is 2. The second-order valence-electron chi connectivity index (χ2n) is 1.45. The molecule has 0 atom stereocenters. The van der Waals surface area contributed by atoms with Crippen LogP contribution in [-0.4, -0.2) is 9.97 Å². The molecule has 0 amide bonds. The number of H-pyrrole nitrogens is 1. The van der Waals surface area contributed by atoms with Crippen LogP contribution in [0.5, 0.6) is 0 Å². The van der Waals surface area contributed by atoms with Crippen LogP contribution in [0.4, 0.5) is 5.82 Å². The molecule has 0 fully saturated rings. The number of rotatable bonds is 0. The summed E-state index contributed by atoms with van der Waals surface area (Å²) in [4.78, 5) is 6.44. The predicted octanol–water partition coefficient (Wildman–Crippen LogP) is -1.40. The molecule has 1 rings (SSSR count). The average molecular weight is 230 g/mol. The Hall–Kier alpha value is 0.580. The van der Waals surface area contributed by atoms with E-state index < -0.39 is 0 Å². The third-order valence-corrected chi connectivity index (χ3v) is 1.63. The Morgan fingerprint density at radius 1 is 1.80 bits per heavy atom. The van der Waals surface area contributed by atoms with Crippen LogP contribution < -0.4 is 35.3 Å². The number of aromatic amines is 1. The first kappa shape index (κ1) is 10.6. The van der Waals surface area contributed by atoms with Crippen LogP contribution in [0, 0.1) is 4.77 Å². The van der Waals surface area contributed by atoms with Crippen LogP contribution in [0.1, 0.15) is 1.43 Å². The second-order valence-corrected chi connectivity index (χ2v) is 2.69. The number of nitrogens with one attached hydrogen (secondary N) is 1. The fraction of sp³-hybridized carbons (Fsp3) is 0. The van der Waals surface area contributed by atoms with E-state index in [1.54, 1.807) is 6.20 Å². The molecule has 3 nitrogen and oxygen atoms in total. The smallest absolute Gasteiger partial charge is 1.00 e. The summed E-state index contributed by atoms with van der Waals surface area (Å²) >= 11 is 7.86. The van der Waals surface area contributed by atoms with Crippen LogP contribution in [0.15, 0.2) is 10.7 Å². The molecule has 0 bridgehead atoms. The quantitative estimate of drug-likeness (QED) is 0.425.